The fourth-order valence-electron chi connectivity index (χ4n) is 3.00. The number of aromatic nitrogens is 2. The smallest absolute Gasteiger partial charge is 0.225 e. The molecular formula is C15H20N4O2. The van der Waals surface area contributed by atoms with Gasteiger partial charge in [0.15, 0.2) is 0 Å². The van der Waals surface area contributed by atoms with Gasteiger partial charge in [-0.2, -0.15) is 0 Å². The lowest BCUT2D eigenvalue weighted by molar-refractivity contribution is -0.128. The van der Waals surface area contributed by atoms with Crippen molar-refractivity contribution in [1.82, 2.24) is 20.2 Å². The molecule has 0 aromatic carbocycles. The zero-order valence-corrected chi connectivity index (χ0v) is 12.3. The minimum absolute atomic E-state index is 0.0615. The van der Waals surface area contributed by atoms with Crippen LogP contribution in [0.4, 0.5) is 0 Å². The van der Waals surface area contributed by atoms with Crippen LogP contribution in [0.25, 0.3) is 0 Å². The van der Waals surface area contributed by atoms with Gasteiger partial charge in [0.25, 0.3) is 0 Å². The Kier molecular flexibility index (Phi) is 3.86. The van der Waals surface area contributed by atoms with E-state index in [0.29, 0.717) is 31.9 Å². The molecule has 3 rings (SSSR count). The van der Waals surface area contributed by atoms with Gasteiger partial charge in [0.05, 0.1) is 12.5 Å². The first-order chi connectivity index (χ1) is 10.2. The van der Waals surface area contributed by atoms with Gasteiger partial charge in [-0.3, -0.25) is 9.59 Å². The van der Waals surface area contributed by atoms with Gasteiger partial charge in [-0.1, -0.05) is 0 Å². The molecule has 2 heterocycles. The molecule has 1 aromatic rings. The lowest BCUT2D eigenvalue weighted by Crippen LogP contribution is -2.33. The molecule has 6 nitrogen and oxygen atoms in total. The molecule has 0 saturated carbocycles. The maximum absolute atomic E-state index is 12.1. The van der Waals surface area contributed by atoms with Gasteiger partial charge < -0.3 is 10.2 Å². The summed E-state index contributed by atoms with van der Waals surface area (Å²) < 4.78 is 0. The van der Waals surface area contributed by atoms with E-state index < -0.39 is 0 Å². The summed E-state index contributed by atoms with van der Waals surface area (Å²) in [5, 5.41) is 2.85. The summed E-state index contributed by atoms with van der Waals surface area (Å²) in [5.41, 5.74) is 2.34. The maximum atomic E-state index is 12.1. The van der Waals surface area contributed by atoms with Gasteiger partial charge in [-0.25, -0.2) is 9.97 Å². The van der Waals surface area contributed by atoms with Gasteiger partial charge in [-0.05, 0) is 31.7 Å². The van der Waals surface area contributed by atoms with Crippen LogP contribution in [-0.2, 0) is 29.0 Å². The minimum Gasteiger partial charge on any atom is -0.348 e. The normalized spacial score (nSPS) is 20.7. The molecule has 112 valence electrons. The van der Waals surface area contributed by atoms with Crippen LogP contribution < -0.4 is 5.32 Å². The quantitative estimate of drug-likeness (QED) is 0.873. The Bertz CT molecular complexity index is 573. The van der Waals surface area contributed by atoms with E-state index in [1.807, 2.05) is 13.1 Å². The van der Waals surface area contributed by atoms with Crippen LogP contribution in [0.1, 0.15) is 36.8 Å². The highest BCUT2D eigenvalue weighted by Crippen LogP contribution is 2.19. The van der Waals surface area contributed by atoms with Crippen molar-refractivity contribution in [1.29, 1.82) is 0 Å². The third-order valence-corrected chi connectivity index (χ3v) is 4.25. The second kappa shape index (κ2) is 5.79. The van der Waals surface area contributed by atoms with E-state index in [4.69, 9.17) is 0 Å². The standard InChI is InChI=1S/C15H20N4O2/c1-2-19-9-11(6-14(19)20)15(21)17-8-13-16-7-10-4-3-5-12(10)18-13/h7,11H,2-6,8-9H2,1H3,(H,17,21). The van der Waals surface area contributed by atoms with Crippen molar-refractivity contribution >= 4 is 11.8 Å². The molecule has 0 spiro atoms. The number of rotatable bonds is 4. The third-order valence-electron chi connectivity index (χ3n) is 4.25. The SMILES string of the molecule is CCN1CC(C(=O)NCc2ncc3c(n2)CCC3)CC1=O. The third kappa shape index (κ3) is 2.89. The van der Waals surface area contributed by atoms with Gasteiger partial charge in [0, 0.05) is 31.4 Å². The van der Waals surface area contributed by atoms with Crippen molar-refractivity contribution in [2.75, 3.05) is 13.1 Å². The van der Waals surface area contributed by atoms with Crippen molar-refractivity contribution in [3.63, 3.8) is 0 Å². The van der Waals surface area contributed by atoms with Crippen LogP contribution in [0.5, 0.6) is 0 Å². The van der Waals surface area contributed by atoms with E-state index in [-0.39, 0.29) is 17.7 Å². The van der Waals surface area contributed by atoms with Crippen LogP contribution in [-0.4, -0.2) is 39.8 Å². The highest BCUT2D eigenvalue weighted by atomic mass is 16.2. The molecule has 1 unspecified atom stereocenters. The monoisotopic (exact) mass is 288 g/mol. The highest BCUT2D eigenvalue weighted by molar-refractivity contribution is 5.89. The average Bonchev–Trinajstić information content (AvgIpc) is 3.10. The van der Waals surface area contributed by atoms with Crippen LogP contribution in [0.15, 0.2) is 6.20 Å². The molecule has 21 heavy (non-hydrogen) atoms. The molecule has 0 bridgehead atoms. The number of nitrogens with one attached hydrogen (secondary N) is 1. The van der Waals surface area contributed by atoms with Gasteiger partial charge in [0.2, 0.25) is 11.8 Å². The zero-order valence-electron chi connectivity index (χ0n) is 12.3. The molecule has 1 atom stereocenters. The first-order valence-electron chi connectivity index (χ1n) is 7.56. The lowest BCUT2D eigenvalue weighted by Gasteiger charge is -2.13. The fourth-order valence-corrected chi connectivity index (χ4v) is 3.00. The van der Waals surface area contributed by atoms with E-state index in [1.165, 1.54) is 5.56 Å². The summed E-state index contributed by atoms with van der Waals surface area (Å²) in [4.78, 5) is 34.3. The first-order valence-corrected chi connectivity index (χ1v) is 7.56. The highest BCUT2D eigenvalue weighted by Gasteiger charge is 2.33. The number of likely N-dealkylation sites (tertiary alicyclic amines) is 1. The van der Waals surface area contributed by atoms with Crippen LogP contribution in [0.3, 0.4) is 0 Å². The molecule has 0 radical (unpaired) electrons. The summed E-state index contributed by atoms with van der Waals surface area (Å²) in [6.07, 6.45) is 5.37. The number of carbonyl (C=O) groups excluding carboxylic acids is 2. The number of amides is 2. The Labute approximate surface area is 124 Å². The Hall–Kier alpha value is -1.98. The molecule has 1 saturated heterocycles. The summed E-state index contributed by atoms with van der Waals surface area (Å²) in [6, 6.07) is 0. The molecule has 1 aliphatic heterocycles. The number of aryl methyl sites for hydroxylation is 2. The van der Waals surface area contributed by atoms with Gasteiger partial charge >= 0.3 is 0 Å². The van der Waals surface area contributed by atoms with Gasteiger partial charge in [0.1, 0.15) is 5.82 Å². The molecule has 1 aromatic heterocycles. The molecule has 1 fully saturated rings. The Balaban J connectivity index is 1.55. The number of hydrogen-bond acceptors (Lipinski definition) is 4. The number of carbonyl (C=O) groups is 2. The van der Waals surface area contributed by atoms with E-state index in [2.05, 4.69) is 15.3 Å². The van der Waals surface area contributed by atoms with Crippen molar-refractivity contribution in [2.24, 2.45) is 5.92 Å². The number of hydrogen-bond donors (Lipinski definition) is 1. The molecule has 1 N–H and O–H groups in total. The fraction of sp³-hybridized carbons (Fsp3) is 0.600. The molecule has 6 heteroatoms. The minimum atomic E-state index is -0.244. The van der Waals surface area contributed by atoms with Gasteiger partial charge in [-0.15, -0.1) is 0 Å². The average molecular weight is 288 g/mol. The molecular weight excluding hydrogens is 268 g/mol. The lowest BCUT2D eigenvalue weighted by atomic mass is 10.1. The topological polar surface area (TPSA) is 75.2 Å². The summed E-state index contributed by atoms with van der Waals surface area (Å²) >= 11 is 0. The molecule has 2 aliphatic rings. The summed E-state index contributed by atoms with van der Waals surface area (Å²) in [6.45, 7) is 3.45. The predicted molar refractivity (Wildman–Crippen MR) is 76.3 cm³/mol. The van der Waals surface area contributed by atoms with Crippen molar-refractivity contribution < 1.29 is 9.59 Å². The van der Waals surface area contributed by atoms with Crippen LogP contribution >= 0.6 is 0 Å². The van der Waals surface area contributed by atoms with Crippen LogP contribution in [0.2, 0.25) is 0 Å². The van der Waals surface area contributed by atoms with E-state index in [1.54, 1.807) is 4.90 Å². The number of nitrogens with zero attached hydrogens (tertiary/aromatic N) is 3. The summed E-state index contributed by atoms with van der Waals surface area (Å²) in [7, 11) is 0. The first kappa shape index (κ1) is 14.0. The Morgan fingerprint density at radius 3 is 3.10 bits per heavy atom. The van der Waals surface area contributed by atoms with Crippen molar-refractivity contribution in [3.05, 3.63) is 23.3 Å². The Morgan fingerprint density at radius 1 is 1.48 bits per heavy atom. The van der Waals surface area contributed by atoms with E-state index >= 15 is 0 Å². The largest absolute Gasteiger partial charge is 0.348 e. The summed E-state index contributed by atoms with van der Waals surface area (Å²) in [5.74, 6) is 0.391. The van der Waals surface area contributed by atoms with Crippen molar-refractivity contribution in [2.45, 2.75) is 39.2 Å². The van der Waals surface area contributed by atoms with Crippen molar-refractivity contribution in [3.8, 4) is 0 Å². The van der Waals surface area contributed by atoms with Crippen LogP contribution in [0, 0.1) is 5.92 Å². The van der Waals surface area contributed by atoms with E-state index in [0.717, 1.165) is 25.0 Å². The van der Waals surface area contributed by atoms with E-state index in [9.17, 15) is 9.59 Å². The predicted octanol–water partition coefficient (Wildman–Crippen LogP) is 0.450. The molecule has 2 amide bonds. The maximum Gasteiger partial charge on any atom is 0.225 e. The second-order valence-electron chi connectivity index (χ2n) is 5.66. The Morgan fingerprint density at radius 2 is 2.33 bits per heavy atom. The molecule has 1 aliphatic carbocycles. The second-order valence-corrected chi connectivity index (χ2v) is 5.66. The zero-order chi connectivity index (χ0) is 14.8. The number of fused-ring (bicyclic) bond motifs is 1.